The predicted molar refractivity (Wildman–Crippen MR) is 134 cm³/mol. The van der Waals surface area contributed by atoms with Crippen molar-refractivity contribution in [3.8, 4) is 0 Å². The Kier molecular flexibility index (Phi) is 5.53. The topological polar surface area (TPSA) is 17.1 Å². The molecule has 0 fully saturated rings. The molecule has 0 unspecified atom stereocenters. The van der Waals surface area contributed by atoms with E-state index >= 15 is 0 Å². The Balaban J connectivity index is 1.87. The zero-order valence-electron chi connectivity index (χ0n) is 17.1. The average Bonchev–Trinajstić information content (AvgIpc) is 3.14. The molecule has 0 N–H and O–H groups in total. The maximum Gasteiger partial charge on any atom is 0.195 e. The number of halogens is 2. The Bertz CT molecular complexity index is 1240. The Labute approximate surface area is 197 Å². The van der Waals surface area contributed by atoms with Crippen LogP contribution in [0.15, 0.2) is 109 Å². The predicted octanol–water partition coefficient (Wildman–Crippen LogP) is 8.10. The van der Waals surface area contributed by atoms with Gasteiger partial charge < -0.3 is 0 Å². The monoisotopic (exact) mass is 452 g/mol. The molecule has 0 aromatic heterocycles. The largest absolute Gasteiger partial charge is 0.289 e. The van der Waals surface area contributed by atoms with Crippen LogP contribution in [0.2, 0.25) is 10.0 Å². The van der Waals surface area contributed by atoms with Crippen LogP contribution >= 0.6 is 23.2 Å². The molecule has 0 atom stereocenters. The van der Waals surface area contributed by atoms with Crippen LogP contribution in [0, 0.1) is 0 Å². The first kappa shape index (κ1) is 20.5. The van der Waals surface area contributed by atoms with Crippen LogP contribution in [0.25, 0.3) is 22.3 Å². The summed E-state index contributed by atoms with van der Waals surface area (Å²) in [5, 5.41) is 1.31. The van der Waals surface area contributed by atoms with E-state index in [1.165, 1.54) is 0 Å². The van der Waals surface area contributed by atoms with Crippen LogP contribution < -0.4 is 0 Å². The van der Waals surface area contributed by atoms with Gasteiger partial charge in [-0.15, -0.1) is 0 Å². The summed E-state index contributed by atoms with van der Waals surface area (Å²) in [5.41, 5.74) is 6.85. The normalized spacial score (nSPS) is 13.8. The minimum Gasteiger partial charge on any atom is -0.289 e. The molecule has 0 heterocycles. The van der Waals surface area contributed by atoms with Crippen molar-refractivity contribution in [2.75, 3.05) is 0 Å². The number of rotatable bonds is 4. The van der Waals surface area contributed by atoms with Crippen molar-refractivity contribution in [3.63, 3.8) is 0 Å². The number of allylic oxidation sites excluding steroid dienone is 4. The fourth-order valence-corrected chi connectivity index (χ4v) is 4.43. The number of Topliss-reactive ketones (excluding diaryl/α,β-unsaturated/α-hetero) is 1. The zero-order valence-corrected chi connectivity index (χ0v) is 18.6. The summed E-state index contributed by atoms with van der Waals surface area (Å²) < 4.78 is 0. The van der Waals surface area contributed by atoms with Crippen molar-refractivity contribution < 1.29 is 4.79 Å². The summed E-state index contributed by atoms with van der Waals surface area (Å²) in [6.07, 6.45) is 0. The fraction of sp³-hybridized carbons (Fsp3) is 0. The Morgan fingerprint density at radius 2 is 0.688 bits per heavy atom. The van der Waals surface area contributed by atoms with Gasteiger partial charge in [-0.05, 0) is 46.5 Å². The van der Waals surface area contributed by atoms with E-state index in [0.29, 0.717) is 21.2 Å². The molecule has 4 aromatic carbocycles. The Hall–Kier alpha value is -3.39. The lowest BCUT2D eigenvalue weighted by molar-refractivity contribution is -0.108. The van der Waals surface area contributed by atoms with Gasteiger partial charge >= 0.3 is 0 Å². The highest BCUT2D eigenvalue weighted by Crippen LogP contribution is 2.49. The van der Waals surface area contributed by atoms with Crippen LogP contribution in [0.3, 0.4) is 0 Å². The summed E-state index contributed by atoms with van der Waals surface area (Å²) in [4.78, 5) is 14.0. The van der Waals surface area contributed by atoms with E-state index in [2.05, 4.69) is 0 Å². The quantitative estimate of drug-likeness (QED) is 0.305. The minimum absolute atomic E-state index is 0.0114. The van der Waals surface area contributed by atoms with Crippen molar-refractivity contribution in [1.82, 2.24) is 0 Å². The molecule has 5 rings (SSSR count). The standard InChI is InChI=1S/C29H18Cl2O/c30-23-15-11-21(12-16-23)25-26(22-13-17-24(31)18-14-22)28(20-9-5-2-6-10-20)29(32)27(25)19-7-3-1-4-8-19/h1-18H. The molecular weight excluding hydrogens is 435 g/mol. The molecule has 0 spiro atoms. The van der Waals surface area contributed by atoms with Crippen LogP contribution in [0.5, 0.6) is 0 Å². The summed E-state index contributed by atoms with van der Waals surface area (Å²) in [7, 11) is 0. The van der Waals surface area contributed by atoms with E-state index in [4.69, 9.17) is 23.2 Å². The first-order chi connectivity index (χ1) is 15.6. The van der Waals surface area contributed by atoms with Gasteiger partial charge in [0.15, 0.2) is 5.78 Å². The van der Waals surface area contributed by atoms with Crippen LogP contribution in [0.4, 0.5) is 0 Å². The lowest BCUT2D eigenvalue weighted by atomic mass is 9.89. The summed E-state index contributed by atoms with van der Waals surface area (Å²) in [5.74, 6) is 0.0114. The second-order valence-electron chi connectivity index (χ2n) is 7.57. The van der Waals surface area contributed by atoms with Crippen molar-refractivity contribution in [2.45, 2.75) is 0 Å². The van der Waals surface area contributed by atoms with Crippen molar-refractivity contribution in [2.24, 2.45) is 0 Å². The highest BCUT2D eigenvalue weighted by molar-refractivity contribution is 6.59. The molecule has 1 aliphatic rings. The third kappa shape index (κ3) is 3.71. The summed E-state index contributed by atoms with van der Waals surface area (Å²) >= 11 is 12.4. The number of hydrogen-bond donors (Lipinski definition) is 0. The van der Waals surface area contributed by atoms with Gasteiger partial charge in [0.25, 0.3) is 0 Å². The summed E-state index contributed by atoms with van der Waals surface area (Å²) in [6, 6.07) is 35.0. The second kappa shape index (κ2) is 8.63. The molecule has 0 saturated carbocycles. The minimum atomic E-state index is 0.0114. The molecule has 0 aliphatic heterocycles. The molecule has 0 amide bonds. The van der Waals surface area contributed by atoms with Crippen molar-refractivity contribution in [3.05, 3.63) is 141 Å². The molecule has 0 saturated heterocycles. The van der Waals surface area contributed by atoms with Crippen LogP contribution in [0.1, 0.15) is 22.3 Å². The summed E-state index contributed by atoms with van der Waals surface area (Å²) in [6.45, 7) is 0. The number of carbonyl (C=O) groups excluding carboxylic acids is 1. The maximum atomic E-state index is 14.0. The number of benzene rings is 4. The van der Waals surface area contributed by atoms with Gasteiger partial charge in [-0.25, -0.2) is 0 Å². The van der Waals surface area contributed by atoms with E-state index in [-0.39, 0.29) is 5.78 Å². The van der Waals surface area contributed by atoms with Gasteiger partial charge in [0.2, 0.25) is 0 Å². The van der Waals surface area contributed by atoms with E-state index < -0.39 is 0 Å². The highest BCUT2D eigenvalue weighted by Gasteiger charge is 2.35. The van der Waals surface area contributed by atoms with Gasteiger partial charge in [0.05, 0.1) is 0 Å². The molecule has 1 aliphatic carbocycles. The van der Waals surface area contributed by atoms with E-state index in [9.17, 15) is 4.79 Å². The fourth-order valence-electron chi connectivity index (χ4n) is 4.17. The Morgan fingerprint density at radius 3 is 1.03 bits per heavy atom. The lowest BCUT2D eigenvalue weighted by Crippen LogP contribution is -2.01. The SMILES string of the molecule is O=C1C(c2ccccc2)=C(c2ccc(Cl)cc2)C(c2ccc(Cl)cc2)=C1c1ccccc1. The van der Waals surface area contributed by atoms with Crippen LogP contribution in [-0.2, 0) is 4.79 Å². The zero-order chi connectivity index (χ0) is 22.1. The van der Waals surface area contributed by atoms with Gasteiger partial charge in [-0.3, -0.25) is 4.79 Å². The number of ketones is 1. The first-order valence-corrected chi connectivity index (χ1v) is 11.1. The van der Waals surface area contributed by atoms with E-state index in [1.807, 2.05) is 109 Å². The second-order valence-corrected chi connectivity index (χ2v) is 8.45. The van der Waals surface area contributed by atoms with Gasteiger partial charge in [0, 0.05) is 32.3 Å². The number of carbonyl (C=O) groups is 1. The van der Waals surface area contributed by atoms with Crippen LogP contribution in [-0.4, -0.2) is 5.78 Å². The van der Waals surface area contributed by atoms with Crippen molar-refractivity contribution >= 4 is 51.3 Å². The molecule has 0 bridgehead atoms. The lowest BCUT2D eigenvalue weighted by Gasteiger charge is -2.14. The molecule has 0 radical (unpaired) electrons. The molecular formula is C29H18Cl2O. The smallest absolute Gasteiger partial charge is 0.195 e. The van der Waals surface area contributed by atoms with Gasteiger partial charge in [-0.2, -0.15) is 0 Å². The molecule has 4 aromatic rings. The molecule has 1 nitrogen and oxygen atoms in total. The Morgan fingerprint density at radius 1 is 0.375 bits per heavy atom. The molecule has 32 heavy (non-hydrogen) atoms. The number of hydrogen-bond acceptors (Lipinski definition) is 1. The third-order valence-corrected chi connectivity index (χ3v) is 6.10. The first-order valence-electron chi connectivity index (χ1n) is 10.3. The van der Waals surface area contributed by atoms with Gasteiger partial charge in [0.1, 0.15) is 0 Å². The van der Waals surface area contributed by atoms with E-state index in [0.717, 1.165) is 33.4 Å². The molecule has 154 valence electrons. The van der Waals surface area contributed by atoms with E-state index in [1.54, 1.807) is 0 Å². The maximum absolute atomic E-state index is 14.0. The third-order valence-electron chi connectivity index (χ3n) is 5.59. The van der Waals surface area contributed by atoms with Gasteiger partial charge in [-0.1, -0.05) is 108 Å². The van der Waals surface area contributed by atoms with Crippen molar-refractivity contribution in [1.29, 1.82) is 0 Å². The average molecular weight is 453 g/mol. The molecule has 3 heteroatoms. The highest BCUT2D eigenvalue weighted by atomic mass is 35.5.